The first kappa shape index (κ1) is 26.5. The molecule has 4 aromatic heterocycles. The van der Waals surface area contributed by atoms with Crippen molar-refractivity contribution in [3.8, 4) is 16.8 Å². The molecule has 40 heavy (non-hydrogen) atoms. The van der Waals surface area contributed by atoms with Crippen molar-refractivity contribution in [2.75, 3.05) is 6.61 Å². The molecule has 1 aromatic carbocycles. The molecule has 0 saturated carbocycles. The minimum absolute atomic E-state index is 0.00510. The number of hydrogen-bond acceptors (Lipinski definition) is 10. The maximum atomic E-state index is 13.8. The lowest BCUT2D eigenvalue weighted by Crippen LogP contribution is -2.53. The molecule has 0 bridgehead atoms. The first-order valence-electron chi connectivity index (χ1n) is 12.1. The maximum Gasteiger partial charge on any atom is 0.194 e. The highest BCUT2D eigenvalue weighted by molar-refractivity contribution is 7.18. The molecule has 0 spiro atoms. The lowest BCUT2D eigenvalue weighted by Gasteiger charge is -2.41. The second-order valence-electron chi connectivity index (χ2n) is 9.39. The highest BCUT2D eigenvalue weighted by Gasteiger charge is 2.48. The zero-order valence-corrected chi connectivity index (χ0v) is 21.8. The summed E-state index contributed by atoms with van der Waals surface area (Å²) in [7, 11) is 0. The van der Waals surface area contributed by atoms with Crippen molar-refractivity contribution in [3.63, 3.8) is 0 Å². The molecule has 1 aliphatic rings. The predicted octanol–water partition coefficient (Wildman–Crippen LogP) is 2.56. The number of rotatable bonds is 5. The van der Waals surface area contributed by atoms with Crippen molar-refractivity contribution in [3.05, 3.63) is 70.9 Å². The monoisotopic (exact) mass is 573 g/mol. The number of benzene rings is 1. The van der Waals surface area contributed by atoms with Gasteiger partial charge in [0.15, 0.2) is 28.9 Å². The second-order valence-corrected chi connectivity index (χ2v) is 10.6. The number of pyridine rings is 1. The third kappa shape index (κ3) is 4.45. The molecule has 6 rings (SSSR count). The van der Waals surface area contributed by atoms with Gasteiger partial charge in [0.25, 0.3) is 0 Å². The summed E-state index contributed by atoms with van der Waals surface area (Å²) in [5.41, 5.74) is 1.33. The van der Waals surface area contributed by atoms with Crippen molar-refractivity contribution in [2.45, 2.75) is 44.3 Å². The fourth-order valence-electron chi connectivity index (χ4n) is 4.84. The third-order valence-electron chi connectivity index (χ3n) is 6.69. The Morgan fingerprint density at radius 2 is 1.75 bits per heavy atom. The molecule has 0 amide bonds. The Hall–Kier alpha value is -3.76. The molecule has 5 atom stereocenters. The summed E-state index contributed by atoms with van der Waals surface area (Å²) in [5.74, 6) is -3.77. The number of aliphatic hydroxyl groups is 3. The van der Waals surface area contributed by atoms with Gasteiger partial charge in [-0.15, -0.1) is 11.3 Å². The van der Waals surface area contributed by atoms with Gasteiger partial charge in [0, 0.05) is 11.8 Å². The lowest BCUT2D eigenvalue weighted by atomic mass is 9.92. The van der Waals surface area contributed by atoms with Crippen LogP contribution in [-0.2, 0) is 4.74 Å². The third-order valence-corrected chi connectivity index (χ3v) is 7.60. The Balaban J connectivity index is 1.39. The van der Waals surface area contributed by atoms with Crippen LogP contribution in [0.15, 0.2) is 36.8 Å². The number of aromatic nitrogens is 7. The molecule has 1 fully saturated rings. The Bertz CT molecular complexity index is 1700. The summed E-state index contributed by atoms with van der Waals surface area (Å²) >= 11 is 1.45. The van der Waals surface area contributed by atoms with E-state index >= 15 is 0 Å². The van der Waals surface area contributed by atoms with Crippen LogP contribution in [0.3, 0.4) is 0 Å². The zero-order valence-electron chi connectivity index (χ0n) is 21.0. The van der Waals surface area contributed by atoms with Gasteiger partial charge >= 0.3 is 0 Å². The molecule has 1 aliphatic heterocycles. The summed E-state index contributed by atoms with van der Waals surface area (Å²) in [6.45, 7) is 2.94. The van der Waals surface area contributed by atoms with Gasteiger partial charge in [0.05, 0.1) is 34.4 Å². The van der Waals surface area contributed by atoms with E-state index in [0.717, 1.165) is 21.8 Å². The lowest BCUT2D eigenvalue weighted by molar-refractivity contribution is -0.210. The van der Waals surface area contributed by atoms with Crippen molar-refractivity contribution < 1.29 is 33.2 Å². The van der Waals surface area contributed by atoms with Crippen molar-refractivity contribution in [1.29, 1.82) is 0 Å². The van der Waals surface area contributed by atoms with E-state index in [1.165, 1.54) is 33.1 Å². The predicted molar refractivity (Wildman–Crippen MR) is 135 cm³/mol. The topological polar surface area (TPSA) is 144 Å². The number of aliphatic hydroxyl groups excluding tert-OH is 3. The highest BCUT2D eigenvalue weighted by Crippen LogP contribution is 2.39. The van der Waals surface area contributed by atoms with Gasteiger partial charge in [-0.25, -0.2) is 32.8 Å². The average molecular weight is 574 g/mol. The summed E-state index contributed by atoms with van der Waals surface area (Å²) in [4.78, 5) is 13.2. The fourth-order valence-corrected chi connectivity index (χ4v) is 5.66. The molecular weight excluding hydrogens is 551 g/mol. The molecular formula is C25H22F3N7O4S. The number of halogens is 3. The van der Waals surface area contributed by atoms with Gasteiger partial charge < -0.3 is 20.1 Å². The average Bonchev–Trinajstić information content (AvgIpc) is 3.64. The van der Waals surface area contributed by atoms with E-state index in [2.05, 4.69) is 25.1 Å². The van der Waals surface area contributed by atoms with Crippen LogP contribution in [-0.4, -0.2) is 74.8 Å². The molecule has 11 nitrogen and oxygen atoms in total. The van der Waals surface area contributed by atoms with Crippen molar-refractivity contribution in [1.82, 2.24) is 34.5 Å². The van der Waals surface area contributed by atoms with Gasteiger partial charge in [-0.3, -0.25) is 4.68 Å². The highest BCUT2D eigenvalue weighted by atomic mass is 32.1. The maximum absolute atomic E-state index is 13.8. The minimum atomic E-state index is -1.60. The summed E-state index contributed by atoms with van der Waals surface area (Å²) in [6, 6.07) is 2.29. The molecule has 0 aliphatic carbocycles. The Labute approximate surface area is 228 Å². The number of aryl methyl sites for hydroxylation is 2. The summed E-state index contributed by atoms with van der Waals surface area (Å²) in [5, 5.41) is 41.9. The number of nitrogens with zero attached hydrogens (tertiary/aromatic N) is 7. The fraction of sp³-hybridized carbons (Fsp3) is 0.320. The van der Waals surface area contributed by atoms with Gasteiger partial charge in [0.2, 0.25) is 0 Å². The van der Waals surface area contributed by atoms with E-state index < -0.39 is 54.5 Å². The van der Waals surface area contributed by atoms with Crippen LogP contribution in [0.4, 0.5) is 13.2 Å². The molecule has 15 heteroatoms. The van der Waals surface area contributed by atoms with Crippen LogP contribution in [0.1, 0.15) is 28.8 Å². The quantitative estimate of drug-likeness (QED) is 0.270. The molecule has 208 valence electrons. The van der Waals surface area contributed by atoms with Crippen LogP contribution in [0, 0.1) is 31.3 Å². The Morgan fingerprint density at radius 1 is 1.00 bits per heavy atom. The number of ether oxygens (including phenoxy) is 1. The number of fused-ring (bicyclic) bond motifs is 1. The van der Waals surface area contributed by atoms with Crippen molar-refractivity contribution in [2.24, 2.45) is 0 Å². The second kappa shape index (κ2) is 10.0. The van der Waals surface area contributed by atoms with Crippen LogP contribution < -0.4 is 0 Å². The normalized spacial score (nSPS) is 23.2. The smallest absolute Gasteiger partial charge is 0.194 e. The summed E-state index contributed by atoms with van der Waals surface area (Å²) < 4.78 is 50.5. The van der Waals surface area contributed by atoms with Gasteiger partial charge in [-0.1, -0.05) is 0 Å². The van der Waals surface area contributed by atoms with Crippen LogP contribution in [0.5, 0.6) is 0 Å². The largest absolute Gasteiger partial charge is 0.394 e. The molecule has 0 radical (unpaired) electrons. The SMILES string of the molecule is Cc1nc([C@@H]2OC(CO)[C@H](O)[C@H](n3cc(-c4cc(F)c(F)c(F)c4)cn3)C2O)n(-c2cnc3nc(C)sc3c2)n1. The molecule has 5 heterocycles. The van der Waals surface area contributed by atoms with E-state index in [9.17, 15) is 28.5 Å². The van der Waals surface area contributed by atoms with Crippen LogP contribution in [0.2, 0.25) is 0 Å². The first-order valence-corrected chi connectivity index (χ1v) is 12.9. The van der Waals surface area contributed by atoms with Gasteiger partial charge in [-0.2, -0.15) is 10.2 Å². The van der Waals surface area contributed by atoms with E-state index in [1.54, 1.807) is 13.1 Å². The van der Waals surface area contributed by atoms with Crippen LogP contribution >= 0.6 is 11.3 Å². The van der Waals surface area contributed by atoms with Gasteiger partial charge in [-0.05, 0) is 37.6 Å². The van der Waals surface area contributed by atoms with Crippen LogP contribution in [0.25, 0.3) is 27.2 Å². The molecule has 2 unspecified atom stereocenters. The number of thiazole rings is 1. The van der Waals surface area contributed by atoms with E-state index in [-0.39, 0.29) is 17.0 Å². The van der Waals surface area contributed by atoms with E-state index in [4.69, 9.17) is 4.74 Å². The molecule has 1 saturated heterocycles. The van der Waals surface area contributed by atoms with Gasteiger partial charge in [0.1, 0.15) is 36.3 Å². The zero-order chi connectivity index (χ0) is 28.3. The Morgan fingerprint density at radius 3 is 2.48 bits per heavy atom. The van der Waals surface area contributed by atoms with E-state index in [0.29, 0.717) is 17.2 Å². The standard InChI is InChI=1S/C25H22F3N7O4S/c1-10-31-25(35(33-10)14-5-18-24(29-7-14)32-11(2)40-18)23-22(38)20(21(37)17(9-36)39-23)34-8-13(6-30-34)12-3-15(26)19(28)16(27)4-12/h3-8,17,20-23,36-38H,9H2,1-2H3/t17?,20-,21-,22?,23+/m0/s1. The molecule has 3 N–H and O–H groups in total. The van der Waals surface area contributed by atoms with E-state index in [1.807, 2.05) is 13.0 Å². The minimum Gasteiger partial charge on any atom is -0.394 e. The van der Waals surface area contributed by atoms with Crippen molar-refractivity contribution >= 4 is 21.7 Å². The first-order chi connectivity index (χ1) is 19.1. The molecule has 5 aromatic rings. The Kier molecular flexibility index (Phi) is 6.62. The number of hydrogen-bond donors (Lipinski definition) is 3. The summed E-state index contributed by atoms with van der Waals surface area (Å²) in [6.07, 6.45) is -1.06.